The van der Waals surface area contributed by atoms with Crippen molar-refractivity contribution in [3.63, 3.8) is 0 Å². The molecule has 0 aromatic rings. The van der Waals surface area contributed by atoms with Crippen molar-refractivity contribution in [3.05, 3.63) is 0 Å². The Morgan fingerprint density at radius 1 is 1.30 bits per heavy atom. The molecule has 10 heavy (non-hydrogen) atoms. The van der Waals surface area contributed by atoms with Gasteiger partial charge in [-0.1, -0.05) is 0 Å². The number of hydrogen-bond donors (Lipinski definition) is 1. The molecule has 0 heterocycles. The fourth-order valence-corrected chi connectivity index (χ4v) is 7.63. The van der Waals surface area contributed by atoms with Gasteiger partial charge in [-0.2, -0.15) is 0 Å². The van der Waals surface area contributed by atoms with Gasteiger partial charge in [0.2, 0.25) is 0 Å². The van der Waals surface area contributed by atoms with E-state index in [4.69, 9.17) is 30.0 Å². The molecule has 0 aromatic carbocycles. The van der Waals surface area contributed by atoms with Gasteiger partial charge in [0.1, 0.15) is 0 Å². The number of primary sulfonamides is 1. The van der Waals surface area contributed by atoms with Crippen LogP contribution in [0.5, 0.6) is 0 Å². The van der Waals surface area contributed by atoms with Gasteiger partial charge < -0.3 is 0 Å². The summed E-state index contributed by atoms with van der Waals surface area (Å²) in [6.45, 7) is 0. The summed E-state index contributed by atoms with van der Waals surface area (Å²) in [6.07, 6.45) is 0. The van der Waals surface area contributed by atoms with Gasteiger partial charge in [0.15, 0.2) is 0 Å². The molecule has 0 fully saturated rings. The molecule has 0 atom stereocenters. The van der Waals surface area contributed by atoms with Crippen LogP contribution < -0.4 is 5.14 Å². The minimum atomic E-state index is -3.46. The summed E-state index contributed by atoms with van der Waals surface area (Å²) < 4.78 is 20.6. The molecule has 0 aliphatic carbocycles. The Morgan fingerprint density at radius 3 is 1.80 bits per heavy atom. The minimum absolute atomic E-state index is 0.101. The fraction of sp³-hybridized carbons (Fsp3) is 1.00. The van der Waals surface area contributed by atoms with Crippen LogP contribution in [0.2, 0.25) is 5.25 Å². The monoisotopic (exact) mass is 287 g/mol. The van der Waals surface area contributed by atoms with Crippen LogP contribution >= 0.6 is 30.0 Å². The molecule has 0 aromatic heterocycles. The molecule has 0 spiro atoms. The van der Waals surface area contributed by atoms with Crippen LogP contribution in [-0.4, -0.2) is 24.6 Å². The first kappa shape index (κ1) is 11.3. The molecule has 3 nitrogen and oxygen atoms in total. The standard InChI is InChI=1S/C2H6Cl3GeNO2S/c3-6(4,5)1-2-10(7,8)9/h1-2H2,(H2,7,8,9). The fourth-order valence-electron chi connectivity index (χ4n) is 0.258. The molecule has 0 aliphatic heterocycles. The van der Waals surface area contributed by atoms with E-state index in [1.165, 1.54) is 0 Å². The van der Waals surface area contributed by atoms with E-state index in [-0.39, 0.29) is 11.0 Å². The van der Waals surface area contributed by atoms with Crippen LogP contribution in [0.3, 0.4) is 0 Å². The third-order valence-electron chi connectivity index (χ3n) is 0.670. The van der Waals surface area contributed by atoms with Crippen molar-refractivity contribution < 1.29 is 8.42 Å². The van der Waals surface area contributed by atoms with Gasteiger partial charge in [-0.3, -0.25) is 0 Å². The van der Waals surface area contributed by atoms with Crippen molar-refractivity contribution in [1.29, 1.82) is 0 Å². The molecule has 62 valence electrons. The molecular formula is C2H6Cl3GeNO2S. The first-order chi connectivity index (χ1) is 4.21. The molecular weight excluding hydrogens is 281 g/mol. The Morgan fingerprint density at radius 2 is 1.70 bits per heavy atom. The molecule has 0 bridgehead atoms. The van der Waals surface area contributed by atoms with Gasteiger partial charge in [0.25, 0.3) is 0 Å². The maximum atomic E-state index is 10.3. The van der Waals surface area contributed by atoms with E-state index in [1.54, 1.807) is 0 Å². The van der Waals surface area contributed by atoms with Gasteiger partial charge in [0, 0.05) is 0 Å². The van der Waals surface area contributed by atoms with E-state index in [1.807, 2.05) is 0 Å². The van der Waals surface area contributed by atoms with Crippen LogP contribution in [0, 0.1) is 0 Å². The second kappa shape index (κ2) is 3.82. The number of halogens is 3. The van der Waals surface area contributed by atoms with Gasteiger partial charge in [-0.05, 0) is 0 Å². The zero-order valence-electron chi connectivity index (χ0n) is 4.85. The average molecular weight is 287 g/mol. The summed E-state index contributed by atoms with van der Waals surface area (Å²) >= 11 is 0. The Hall–Kier alpha value is 1.32. The molecule has 8 heteroatoms. The summed E-state index contributed by atoms with van der Waals surface area (Å²) in [7, 11) is 9.59. The van der Waals surface area contributed by atoms with Crippen molar-refractivity contribution in [2.75, 3.05) is 5.75 Å². The van der Waals surface area contributed by atoms with Crippen molar-refractivity contribution in [2.24, 2.45) is 5.14 Å². The van der Waals surface area contributed by atoms with Gasteiger partial charge in [-0.15, -0.1) is 0 Å². The van der Waals surface area contributed by atoms with Gasteiger partial charge >= 0.3 is 75.1 Å². The van der Waals surface area contributed by atoms with E-state index in [9.17, 15) is 8.42 Å². The van der Waals surface area contributed by atoms with Gasteiger partial charge in [-0.25, -0.2) is 0 Å². The summed E-state index contributed by atoms with van der Waals surface area (Å²) in [5.74, 6) is -0.233. The molecule has 0 aliphatic rings. The third kappa shape index (κ3) is 9.32. The zero-order chi connectivity index (χ0) is 8.41. The average Bonchev–Trinajstić information content (AvgIpc) is 1.57. The molecule has 0 radical (unpaired) electrons. The number of sulfonamides is 1. The van der Waals surface area contributed by atoms with Crippen molar-refractivity contribution in [1.82, 2.24) is 0 Å². The number of nitrogens with two attached hydrogens (primary N) is 1. The van der Waals surface area contributed by atoms with Crippen molar-refractivity contribution >= 4 is 50.5 Å². The SMILES string of the molecule is NS(=O)(=O)C[CH2][Ge]([Cl])([Cl])[Cl]. The van der Waals surface area contributed by atoms with E-state index >= 15 is 0 Å². The quantitative estimate of drug-likeness (QED) is 0.785. The van der Waals surface area contributed by atoms with E-state index in [0.717, 1.165) is 0 Å². The Balaban J connectivity index is 3.79. The second-order valence-corrected chi connectivity index (χ2v) is 20.2. The van der Waals surface area contributed by atoms with Crippen LogP contribution in [0.25, 0.3) is 0 Å². The first-order valence-corrected chi connectivity index (χ1v) is 13.7. The Kier molecular flexibility index (Phi) is 4.33. The van der Waals surface area contributed by atoms with Crippen molar-refractivity contribution in [2.45, 2.75) is 5.25 Å². The van der Waals surface area contributed by atoms with Crippen LogP contribution in [-0.2, 0) is 10.0 Å². The Labute approximate surface area is 74.8 Å². The van der Waals surface area contributed by atoms with Crippen molar-refractivity contribution in [3.8, 4) is 0 Å². The maximum absolute atomic E-state index is 10.3. The topological polar surface area (TPSA) is 60.2 Å². The van der Waals surface area contributed by atoms with E-state index in [0.29, 0.717) is 0 Å². The summed E-state index contributed by atoms with van der Waals surface area (Å²) in [6, 6.07) is 0. The molecule has 2 N–H and O–H groups in total. The molecule has 0 saturated heterocycles. The zero-order valence-corrected chi connectivity index (χ0v) is 10.0. The van der Waals surface area contributed by atoms with Crippen LogP contribution in [0.1, 0.15) is 0 Å². The Bertz CT molecular complexity index is 197. The second-order valence-electron chi connectivity index (χ2n) is 1.73. The summed E-state index contributed by atoms with van der Waals surface area (Å²) in [5, 5.41) is 4.77. The first-order valence-electron chi connectivity index (χ1n) is 2.28. The molecule has 0 rings (SSSR count). The molecule has 0 saturated carbocycles. The third-order valence-corrected chi connectivity index (χ3v) is 6.86. The normalized spacial score (nSPS) is 13.6. The summed E-state index contributed by atoms with van der Waals surface area (Å²) in [4.78, 5) is 0. The predicted molar refractivity (Wildman–Crippen MR) is 46.1 cm³/mol. The molecule has 0 amide bonds. The number of rotatable bonds is 3. The van der Waals surface area contributed by atoms with Gasteiger partial charge in [0.05, 0.1) is 0 Å². The molecule has 0 unspecified atom stereocenters. The van der Waals surface area contributed by atoms with Crippen LogP contribution in [0.15, 0.2) is 0 Å². The number of hydrogen-bond acceptors (Lipinski definition) is 2. The predicted octanol–water partition coefficient (Wildman–Crippen LogP) is 0.930. The van der Waals surface area contributed by atoms with E-state index in [2.05, 4.69) is 5.14 Å². The van der Waals surface area contributed by atoms with E-state index < -0.39 is 20.5 Å². The van der Waals surface area contributed by atoms with Crippen LogP contribution in [0.4, 0.5) is 0 Å². The summed E-state index contributed by atoms with van der Waals surface area (Å²) in [5.41, 5.74) is 0.